The molecule has 0 radical (unpaired) electrons. The van der Waals surface area contributed by atoms with E-state index in [4.69, 9.17) is 0 Å². The van der Waals surface area contributed by atoms with Crippen molar-refractivity contribution in [2.45, 2.75) is 26.2 Å². The van der Waals surface area contributed by atoms with Crippen LogP contribution >= 0.6 is 0 Å². The molecule has 3 aromatic rings. The first-order valence-corrected chi connectivity index (χ1v) is 8.11. The van der Waals surface area contributed by atoms with Crippen molar-refractivity contribution >= 4 is 16.8 Å². The molecule has 0 aliphatic carbocycles. The maximum atomic E-state index is 12.2. The molecule has 0 unspecified atom stereocenters. The third kappa shape index (κ3) is 3.81. The van der Waals surface area contributed by atoms with Crippen molar-refractivity contribution in [2.24, 2.45) is 0 Å². The second-order valence-electron chi connectivity index (χ2n) is 5.89. The number of aromatic amines is 1. The highest BCUT2D eigenvalue weighted by Gasteiger charge is 2.11. The van der Waals surface area contributed by atoms with Gasteiger partial charge in [0.15, 0.2) is 0 Å². The van der Waals surface area contributed by atoms with Crippen LogP contribution in [0.4, 0.5) is 0 Å². The van der Waals surface area contributed by atoms with E-state index in [9.17, 15) is 4.79 Å². The van der Waals surface area contributed by atoms with E-state index in [2.05, 4.69) is 28.5 Å². The fourth-order valence-electron chi connectivity index (χ4n) is 2.95. The predicted molar refractivity (Wildman–Crippen MR) is 94.5 cm³/mol. The predicted octanol–water partition coefficient (Wildman–Crippen LogP) is 3.77. The van der Waals surface area contributed by atoms with E-state index in [1.54, 1.807) is 0 Å². The van der Waals surface area contributed by atoms with Crippen molar-refractivity contribution in [3.05, 3.63) is 71.4 Å². The maximum absolute atomic E-state index is 12.2. The first-order chi connectivity index (χ1) is 11.2. The smallest absolute Gasteiger partial charge is 0.224 e. The Kier molecular flexibility index (Phi) is 4.77. The number of H-pyrrole nitrogens is 1. The first-order valence-electron chi connectivity index (χ1n) is 8.11. The van der Waals surface area contributed by atoms with Gasteiger partial charge in [-0.05, 0) is 37.0 Å². The SMILES string of the molecule is Cc1[nH]c2ccccc2c1CC(=O)NCCCc1ccccc1. The highest BCUT2D eigenvalue weighted by molar-refractivity contribution is 5.90. The van der Waals surface area contributed by atoms with Gasteiger partial charge in [0.05, 0.1) is 6.42 Å². The lowest BCUT2D eigenvalue weighted by atomic mass is 10.1. The summed E-state index contributed by atoms with van der Waals surface area (Å²) in [5.41, 5.74) is 4.58. The maximum Gasteiger partial charge on any atom is 0.224 e. The summed E-state index contributed by atoms with van der Waals surface area (Å²) in [6.07, 6.45) is 2.39. The van der Waals surface area contributed by atoms with Crippen LogP contribution in [0.2, 0.25) is 0 Å². The molecule has 2 N–H and O–H groups in total. The van der Waals surface area contributed by atoms with Crippen LogP contribution in [-0.4, -0.2) is 17.4 Å². The Labute approximate surface area is 136 Å². The van der Waals surface area contributed by atoms with Gasteiger partial charge in [-0.3, -0.25) is 4.79 Å². The number of rotatable bonds is 6. The average molecular weight is 306 g/mol. The minimum absolute atomic E-state index is 0.0888. The molecule has 1 amide bonds. The number of hydrogen-bond donors (Lipinski definition) is 2. The summed E-state index contributed by atoms with van der Waals surface area (Å²) >= 11 is 0. The molecule has 118 valence electrons. The number of fused-ring (bicyclic) bond motifs is 1. The number of para-hydroxylation sites is 1. The van der Waals surface area contributed by atoms with E-state index in [0.29, 0.717) is 6.42 Å². The summed E-state index contributed by atoms with van der Waals surface area (Å²) in [5.74, 6) is 0.0888. The Hall–Kier alpha value is -2.55. The van der Waals surface area contributed by atoms with Crippen molar-refractivity contribution in [3.63, 3.8) is 0 Å². The van der Waals surface area contributed by atoms with Gasteiger partial charge >= 0.3 is 0 Å². The van der Waals surface area contributed by atoms with Crippen molar-refractivity contribution < 1.29 is 4.79 Å². The Morgan fingerprint density at radius 3 is 2.61 bits per heavy atom. The normalized spacial score (nSPS) is 10.8. The summed E-state index contributed by atoms with van der Waals surface area (Å²) in [7, 11) is 0. The number of benzene rings is 2. The molecule has 3 nitrogen and oxygen atoms in total. The molecule has 3 heteroatoms. The minimum atomic E-state index is 0.0888. The lowest BCUT2D eigenvalue weighted by Crippen LogP contribution is -2.26. The van der Waals surface area contributed by atoms with E-state index in [0.717, 1.165) is 41.5 Å². The number of carbonyl (C=O) groups excluding carboxylic acids is 1. The molecule has 0 fully saturated rings. The summed E-state index contributed by atoms with van der Waals surface area (Å²) < 4.78 is 0. The number of carbonyl (C=O) groups is 1. The van der Waals surface area contributed by atoms with E-state index in [1.165, 1.54) is 5.56 Å². The third-order valence-electron chi connectivity index (χ3n) is 4.17. The van der Waals surface area contributed by atoms with Crippen LogP contribution in [0.5, 0.6) is 0 Å². The number of aryl methyl sites for hydroxylation is 2. The van der Waals surface area contributed by atoms with Gasteiger partial charge < -0.3 is 10.3 Å². The molecule has 1 aromatic heterocycles. The van der Waals surface area contributed by atoms with Gasteiger partial charge in [-0.15, -0.1) is 0 Å². The van der Waals surface area contributed by atoms with E-state index in [1.807, 2.05) is 43.3 Å². The summed E-state index contributed by atoms with van der Waals surface area (Å²) in [6.45, 7) is 2.74. The van der Waals surface area contributed by atoms with Crippen LogP contribution in [0.1, 0.15) is 23.2 Å². The summed E-state index contributed by atoms with van der Waals surface area (Å²) in [5, 5.41) is 4.17. The van der Waals surface area contributed by atoms with Gasteiger partial charge in [0.1, 0.15) is 0 Å². The van der Waals surface area contributed by atoms with Crippen LogP contribution in [-0.2, 0) is 17.6 Å². The van der Waals surface area contributed by atoms with Crippen molar-refractivity contribution in [1.82, 2.24) is 10.3 Å². The monoisotopic (exact) mass is 306 g/mol. The molecule has 0 aliphatic rings. The Morgan fingerprint density at radius 1 is 1.04 bits per heavy atom. The average Bonchev–Trinajstić information content (AvgIpc) is 2.88. The highest BCUT2D eigenvalue weighted by atomic mass is 16.1. The summed E-state index contributed by atoms with van der Waals surface area (Å²) in [4.78, 5) is 15.5. The Morgan fingerprint density at radius 2 is 1.78 bits per heavy atom. The van der Waals surface area contributed by atoms with Gasteiger partial charge in [0, 0.05) is 23.1 Å². The van der Waals surface area contributed by atoms with E-state index in [-0.39, 0.29) is 5.91 Å². The topological polar surface area (TPSA) is 44.9 Å². The number of aromatic nitrogens is 1. The van der Waals surface area contributed by atoms with E-state index >= 15 is 0 Å². The molecule has 0 saturated heterocycles. The molecular formula is C20H22N2O. The molecule has 3 rings (SSSR count). The molecule has 23 heavy (non-hydrogen) atoms. The standard InChI is InChI=1S/C20H22N2O/c1-15-18(17-11-5-6-12-19(17)22-15)14-20(23)21-13-7-10-16-8-3-2-4-9-16/h2-6,8-9,11-12,22H,7,10,13-14H2,1H3,(H,21,23). The molecule has 2 aromatic carbocycles. The van der Waals surface area contributed by atoms with Crippen molar-refractivity contribution in [3.8, 4) is 0 Å². The molecule has 1 heterocycles. The molecule has 0 atom stereocenters. The van der Waals surface area contributed by atoms with Crippen LogP contribution in [0.3, 0.4) is 0 Å². The fourth-order valence-corrected chi connectivity index (χ4v) is 2.95. The second-order valence-corrected chi connectivity index (χ2v) is 5.89. The lowest BCUT2D eigenvalue weighted by molar-refractivity contribution is -0.120. The van der Waals surface area contributed by atoms with E-state index < -0.39 is 0 Å². The Bertz CT molecular complexity index is 790. The molecule has 0 spiro atoms. The second kappa shape index (κ2) is 7.14. The number of amides is 1. The Balaban J connectivity index is 1.52. The van der Waals surface area contributed by atoms with Gasteiger partial charge in [0.2, 0.25) is 5.91 Å². The van der Waals surface area contributed by atoms with Crippen molar-refractivity contribution in [1.29, 1.82) is 0 Å². The minimum Gasteiger partial charge on any atom is -0.358 e. The van der Waals surface area contributed by atoms with Crippen LogP contribution in [0, 0.1) is 6.92 Å². The number of nitrogens with one attached hydrogen (secondary N) is 2. The molecule has 0 bridgehead atoms. The zero-order chi connectivity index (χ0) is 16.1. The molecule has 0 aliphatic heterocycles. The zero-order valence-corrected chi connectivity index (χ0v) is 13.4. The van der Waals surface area contributed by atoms with Gasteiger partial charge in [-0.1, -0.05) is 48.5 Å². The van der Waals surface area contributed by atoms with Crippen molar-refractivity contribution in [2.75, 3.05) is 6.54 Å². The molecular weight excluding hydrogens is 284 g/mol. The summed E-state index contributed by atoms with van der Waals surface area (Å²) in [6, 6.07) is 18.5. The van der Waals surface area contributed by atoms with Crippen LogP contribution in [0.15, 0.2) is 54.6 Å². The van der Waals surface area contributed by atoms with Crippen LogP contribution < -0.4 is 5.32 Å². The van der Waals surface area contributed by atoms with Gasteiger partial charge in [-0.2, -0.15) is 0 Å². The third-order valence-corrected chi connectivity index (χ3v) is 4.17. The van der Waals surface area contributed by atoms with Gasteiger partial charge in [0.25, 0.3) is 0 Å². The first kappa shape index (κ1) is 15.3. The quantitative estimate of drug-likeness (QED) is 0.669. The van der Waals surface area contributed by atoms with Gasteiger partial charge in [-0.25, -0.2) is 0 Å². The fraction of sp³-hybridized carbons (Fsp3) is 0.250. The number of hydrogen-bond acceptors (Lipinski definition) is 1. The molecule has 0 saturated carbocycles. The zero-order valence-electron chi connectivity index (χ0n) is 13.4. The largest absolute Gasteiger partial charge is 0.358 e. The van der Waals surface area contributed by atoms with Crippen LogP contribution in [0.25, 0.3) is 10.9 Å². The lowest BCUT2D eigenvalue weighted by Gasteiger charge is -2.06. The highest BCUT2D eigenvalue weighted by Crippen LogP contribution is 2.22.